The van der Waals surface area contributed by atoms with Crippen molar-refractivity contribution in [3.63, 3.8) is 0 Å². The van der Waals surface area contributed by atoms with Crippen LogP contribution in [0.25, 0.3) is 11.0 Å². The molecule has 162 valence electrons. The van der Waals surface area contributed by atoms with Gasteiger partial charge in [0.05, 0.1) is 42.8 Å². The molecule has 1 aliphatic heterocycles. The average Bonchev–Trinajstić information content (AvgIpc) is 3.16. The number of thioether (sulfide) groups is 1. The molecule has 8 nitrogen and oxygen atoms in total. The van der Waals surface area contributed by atoms with Crippen LogP contribution >= 0.6 is 11.8 Å². The molecule has 31 heavy (non-hydrogen) atoms. The molecule has 2 amide bonds. The van der Waals surface area contributed by atoms with E-state index in [4.69, 9.17) is 9.47 Å². The Labute approximate surface area is 184 Å². The summed E-state index contributed by atoms with van der Waals surface area (Å²) in [6.45, 7) is 2.48. The van der Waals surface area contributed by atoms with Gasteiger partial charge in [-0.15, -0.1) is 0 Å². The van der Waals surface area contributed by atoms with Gasteiger partial charge in [-0.2, -0.15) is 0 Å². The van der Waals surface area contributed by atoms with Crippen molar-refractivity contribution in [2.24, 2.45) is 0 Å². The number of methoxy groups -OCH3 is 1. The Morgan fingerprint density at radius 3 is 2.68 bits per heavy atom. The normalized spacial score (nSPS) is 13.9. The van der Waals surface area contributed by atoms with Gasteiger partial charge in [-0.05, 0) is 24.3 Å². The first-order valence-corrected chi connectivity index (χ1v) is 11.0. The number of amides is 2. The van der Waals surface area contributed by atoms with E-state index in [1.165, 1.54) is 11.8 Å². The summed E-state index contributed by atoms with van der Waals surface area (Å²) in [5.74, 6) is 0.608. The molecule has 1 fully saturated rings. The van der Waals surface area contributed by atoms with E-state index in [-0.39, 0.29) is 24.1 Å². The molecule has 1 aliphatic rings. The van der Waals surface area contributed by atoms with Crippen molar-refractivity contribution in [2.75, 3.05) is 44.5 Å². The van der Waals surface area contributed by atoms with Crippen LogP contribution in [0.1, 0.15) is 0 Å². The van der Waals surface area contributed by atoms with Crippen LogP contribution in [0.2, 0.25) is 0 Å². The van der Waals surface area contributed by atoms with Crippen molar-refractivity contribution in [1.82, 2.24) is 14.5 Å². The van der Waals surface area contributed by atoms with E-state index in [9.17, 15) is 9.59 Å². The number of nitrogens with one attached hydrogen (secondary N) is 1. The third-order valence-corrected chi connectivity index (χ3v) is 5.97. The number of para-hydroxylation sites is 4. The monoisotopic (exact) mass is 440 g/mol. The molecule has 0 aliphatic carbocycles. The number of hydrogen-bond donors (Lipinski definition) is 1. The molecule has 2 heterocycles. The van der Waals surface area contributed by atoms with E-state index < -0.39 is 0 Å². The Bertz CT molecular complexity index is 1080. The molecule has 3 aromatic rings. The van der Waals surface area contributed by atoms with Crippen LogP contribution in [0.3, 0.4) is 0 Å². The second-order valence-corrected chi connectivity index (χ2v) is 7.94. The summed E-state index contributed by atoms with van der Waals surface area (Å²) in [6.07, 6.45) is 0. The van der Waals surface area contributed by atoms with Crippen LogP contribution in [0, 0.1) is 0 Å². The fourth-order valence-corrected chi connectivity index (χ4v) is 4.24. The number of aromatic nitrogens is 2. The number of rotatable bonds is 7. The lowest BCUT2D eigenvalue weighted by Gasteiger charge is -2.27. The summed E-state index contributed by atoms with van der Waals surface area (Å²) in [6, 6.07) is 14.9. The summed E-state index contributed by atoms with van der Waals surface area (Å²) < 4.78 is 12.5. The summed E-state index contributed by atoms with van der Waals surface area (Å²) in [7, 11) is 1.56. The third-order valence-electron chi connectivity index (χ3n) is 4.99. The lowest BCUT2D eigenvalue weighted by molar-refractivity contribution is -0.135. The average molecular weight is 441 g/mol. The van der Waals surface area contributed by atoms with E-state index in [1.54, 1.807) is 24.1 Å². The quantitative estimate of drug-likeness (QED) is 0.569. The van der Waals surface area contributed by atoms with E-state index in [2.05, 4.69) is 10.3 Å². The first-order valence-electron chi connectivity index (χ1n) is 10.0. The summed E-state index contributed by atoms with van der Waals surface area (Å²) in [5.41, 5.74) is 2.29. The number of carbonyl (C=O) groups excluding carboxylic acids is 2. The Balaban J connectivity index is 1.48. The zero-order valence-corrected chi connectivity index (χ0v) is 18.1. The minimum Gasteiger partial charge on any atom is -0.495 e. The molecule has 9 heteroatoms. The molecule has 4 rings (SSSR count). The highest BCUT2D eigenvalue weighted by molar-refractivity contribution is 7.99. The fourth-order valence-electron chi connectivity index (χ4n) is 3.43. The van der Waals surface area contributed by atoms with Crippen molar-refractivity contribution in [1.29, 1.82) is 0 Å². The van der Waals surface area contributed by atoms with Gasteiger partial charge in [-0.1, -0.05) is 36.0 Å². The zero-order valence-electron chi connectivity index (χ0n) is 17.2. The smallest absolute Gasteiger partial charge is 0.242 e. The van der Waals surface area contributed by atoms with E-state index in [0.717, 1.165) is 11.0 Å². The van der Waals surface area contributed by atoms with Crippen molar-refractivity contribution >= 4 is 40.3 Å². The van der Waals surface area contributed by atoms with Gasteiger partial charge in [0, 0.05) is 13.1 Å². The van der Waals surface area contributed by atoms with E-state index in [0.29, 0.717) is 42.9 Å². The van der Waals surface area contributed by atoms with E-state index >= 15 is 0 Å². The summed E-state index contributed by atoms with van der Waals surface area (Å²) in [5, 5.41) is 3.50. The van der Waals surface area contributed by atoms with Crippen LogP contribution in [0.5, 0.6) is 5.75 Å². The molecule has 0 spiro atoms. The van der Waals surface area contributed by atoms with Crippen LogP contribution in [-0.4, -0.2) is 65.4 Å². The largest absolute Gasteiger partial charge is 0.495 e. The molecule has 0 atom stereocenters. The predicted octanol–water partition coefficient (Wildman–Crippen LogP) is 2.63. The molecule has 1 aromatic heterocycles. The second-order valence-electron chi connectivity index (χ2n) is 7.00. The van der Waals surface area contributed by atoms with Gasteiger partial charge in [-0.25, -0.2) is 4.98 Å². The van der Waals surface area contributed by atoms with Crippen molar-refractivity contribution in [3.05, 3.63) is 48.5 Å². The minimum absolute atomic E-state index is 0.0202. The van der Waals surface area contributed by atoms with Crippen LogP contribution in [-0.2, 0) is 20.9 Å². The molecular formula is C22H24N4O4S. The number of anilines is 1. The molecule has 2 aromatic carbocycles. The number of morpholine rings is 1. The van der Waals surface area contributed by atoms with E-state index in [1.807, 2.05) is 41.0 Å². The number of hydrogen-bond acceptors (Lipinski definition) is 6. The van der Waals surface area contributed by atoms with Gasteiger partial charge in [0.25, 0.3) is 0 Å². The molecule has 0 radical (unpaired) electrons. The molecule has 0 unspecified atom stereocenters. The highest BCUT2D eigenvalue weighted by Gasteiger charge is 2.21. The van der Waals surface area contributed by atoms with Gasteiger partial charge < -0.3 is 24.3 Å². The second kappa shape index (κ2) is 9.84. The van der Waals surface area contributed by atoms with Crippen molar-refractivity contribution in [2.45, 2.75) is 11.7 Å². The first-order chi connectivity index (χ1) is 15.2. The molecular weight excluding hydrogens is 416 g/mol. The van der Waals surface area contributed by atoms with Crippen LogP contribution < -0.4 is 10.1 Å². The minimum atomic E-state index is -0.174. The number of imidazole rings is 1. The van der Waals surface area contributed by atoms with Crippen molar-refractivity contribution in [3.8, 4) is 5.75 Å². The Kier molecular flexibility index (Phi) is 6.73. The van der Waals surface area contributed by atoms with Gasteiger partial charge in [0.15, 0.2) is 5.16 Å². The predicted molar refractivity (Wildman–Crippen MR) is 119 cm³/mol. The number of benzene rings is 2. The maximum atomic E-state index is 12.8. The standard InChI is InChI=1S/C22H24N4O4S/c1-29-19-9-5-3-7-17(19)23-20(27)15-31-22-24-16-6-2-4-8-18(16)26(22)14-21(28)25-10-12-30-13-11-25/h2-9H,10-15H2,1H3,(H,23,27). The molecule has 1 saturated heterocycles. The topological polar surface area (TPSA) is 85.7 Å². The third kappa shape index (κ3) is 5.00. The Morgan fingerprint density at radius 1 is 1.13 bits per heavy atom. The number of ether oxygens (including phenoxy) is 2. The number of nitrogens with zero attached hydrogens (tertiary/aromatic N) is 3. The lowest BCUT2D eigenvalue weighted by atomic mass is 10.3. The van der Waals surface area contributed by atoms with Crippen molar-refractivity contribution < 1.29 is 19.1 Å². The zero-order chi connectivity index (χ0) is 21.6. The fraction of sp³-hybridized carbons (Fsp3) is 0.318. The maximum absolute atomic E-state index is 12.8. The Morgan fingerprint density at radius 2 is 1.87 bits per heavy atom. The highest BCUT2D eigenvalue weighted by atomic mass is 32.2. The summed E-state index contributed by atoms with van der Waals surface area (Å²) >= 11 is 1.31. The van der Waals surface area contributed by atoms with Crippen LogP contribution in [0.4, 0.5) is 5.69 Å². The molecule has 0 bridgehead atoms. The Hall–Kier alpha value is -3.04. The van der Waals surface area contributed by atoms with Crippen LogP contribution in [0.15, 0.2) is 53.7 Å². The molecule has 0 saturated carbocycles. The maximum Gasteiger partial charge on any atom is 0.242 e. The van der Waals surface area contributed by atoms with Gasteiger partial charge in [0.2, 0.25) is 11.8 Å². The summed E-state index contributed by atoms with van der Waals surface area (Å²) in [4.78, 5) is 31.8. The lowest BCUT2D eigenvalue weighted by Crippen LogP contribution is -2.42. The van der Waals surface area contributed by atoms with Gasteiger partial charge >= 0.3 is 0 Å². The number of carbonyl (C=O) groups is 2. The van der Waals surface area contributed by atoms with Gasteiger partial charge in [-0.3, -0.25) is 9.59 Å². The number of fused-ring (bicyclic) bond motifs is 1. The highest BCUT2D eigenvalue weighted by Crippen LogP contribution is 2.26. The SMILES string of the molecule is COc1ccccc1NC(=O)CSc1nc2ccccc2n1CC(=O)N1CCOCC1. The first kappa shape index (κ1) is 21.2. The van der Waals surface area contributed by atoms with Gasteiger partial charge in [0.1, 0.15) is 12.3 Å². The molecule has 1 N–H and O–H groups in total.